The molecule has 0 radical (unpaired) electrons. The number of benzene rings is 1. The molecule has 112 valence electrons. The number of nitrogens with zero attached hydrogens (tertiary/aromatic N) is 1. The van der Waals surface area contributed by atoms with E-state index in [1.54, 1.807) is 12.1 Å². The number of aromatic nitrogens is 1. The van der Waals surface area contributed by atoms with E-state index in [0.29, 0.717) is 22.9 Å². The van der Waals surface area contributed by atoms with Crippen LogP contribution in [0.1, 0.15) is 0 Å². The number of methoxy groups -OCH3 is 2. The Morgan fingerprint density at radius 3 is 2.10 bits per heavy atom. The fourth-order valence-corrected chi connectivity index (χ4v) is 1.75. The van der Waals surface area contributed by atoms with Crippen molar-refractivity contribution in [2.45, 2.75) is 6.36 Å². The second kappa shape index (κ2) is 5.90. The highest BCUT2D eigenvalue weighted by atomic mass is 19.4. The minimum absolute atomic E-state index is 0.285. The third-order valence-electron chi connectivity index (χ3n) is 2.64. The summed E-state index contributed by atoms with van der Waals surface area (Å²) in [6.07, 6.45) is -4.71. The van der Waals surface area contributed by atoms with Crippen molar-refractivity contribution in [2.75, 3.05) is 14.2 Å². The predicted molar refractivity (Wildman–Crippen MR) is 69.5 cm³/mol. The van der Waals surface area contributed by atoms with Gasteiger partial charge in [0.1, 0.15) is 5.75 Å². The van der Waals surface area contributed by atoms with Crippen LogP contribution in [-0.4, -0.2) is 25.6 Å². The fourth-order valence-electron chi connectivity index (χ4n) is 1.75. The molecule has 7 heteroatoms. The molecule has 0 unspecified atom stereocenters. The lowest BCUT2D eigenvalue weighted by atomic mass is 10.1. The maximum Gasteiger partial charge on any atom is 0.573 e. The van der Waals surface area contributed by atoms with E-state index in [-0.39, 0.29) is 5.75 Å². The third kappa shape index (κ3) is 3.77. The number of pyridine rings is 1. The summed E-state index contributed by atoms with van der Waals surface area (Å²) in [5, 5.41) is 0. The van der Waals surface area contributed by atoms with Crippen LogP contribution in [0.15, 0.2) is 36.4 Å². The smallest absolute Gasteiger partial charge is 0.481 e. The van der Waals surface area contributed by atoms with Gasteiger partial charge in [0.15, 0.2) is 0 Å². The highest BCUT2D eigenvalue weighted by Crippen LogP contribution is 2.32. The van der Waals surface area contributed by atoms with E-state index >= 15 is 0 Å². The molecule has 2 aromatic rings. The lowest BCUT2D eigenvalue weighted by molar-refractivity contribution is -0.274. The van der Waals surface area contributed by atoms with E-state index in [4.69, 9.17) is 9.47 Å². The molecule has 0 bridgehead atoms. The third-order valence-corrected chi connectivity index (χ3v) is 2.64. The van der Waals surface area contributed by atoms with E-state index < -0.39 is 6.36 Å². The summed E-state index contributed by atoms with van der Waals surface area (Å²) in [5.74, 6) is 0.415. The molecule has 0 amide bonds. The molecule has 0 aliphatic carbocycles. The van der Waals surface area contributed by atoms with Crippen LogP contribution in [0.3, 0.4) is 0 Å². The van der Waals surface area contributed by atoms with Crippen molar-refractivity contribution in [3.05, 3.63) is 36.4 Å². The van der Waals surface area contributed by atoms with E-state index in [1.165, 1.54) is 38.5 Å². The van der Waals surface area contributed by atoms with E-state index in [2.05, 4.69) is 9.72 Å². The molecule has 0 saturated carbocycles. The average molecular weight is 299 g/mol. The minimum atomic E-state index is -4.71. The molecule has 4 nitrogen and oxygen atoms in total. The van der Waals surface area contributed by atoms with Crippen molar-refractivity contribution in [2.24, 2.45) is 0 Å². The summed E-state index contributed by atoms with van der Waals surface area (Å²) in [7, 11) is 2.93. The quantitative estimate of drug-likeness (QED) is 0.864. The molecule has 0 spiro atoms. The van der Waals surface area contributed by atoms with E-state index in [9.17, 15) is 13.2 Å². The zero-order valence-electron chi connectivity index (χ0n) is 11.3. The maximum absolute atomic E-state index is 12.1. The maximum atomic E-state index is 12.1. The SMILES string of the molecule is COc1ccc(-c2ccc(OC(F)(F)F)cc2)c(OC)n1. The van der Waals surface area contributed by atoms with Gasteiger partial charge in [-0.15, -0.1) is 13.2 Å². The van der Waals surface area contributed by atoms with Gasteiger partial charge in [-0.3, -0.25) is 0 Å². The largest absolute Gasteiger partial charge is 0.573 e. The van der Waals surface area contributed by atoms with Crippen LogP contribution in [0.25, 0.3) is 11.1 Å². The van der Waals surface area contributed by atoms with Crippen molar-refractivity contribution in [3.8, 4) is 28.6 Å². The molecule has 0 N–H and O–H groups in total. The summed E-state index contributed by atoms with van der Waals surface area (Å²) in [6, 6.07) is 8.79. The molecule has 1 aromatic carbocycles. The van der Waals surface area contributed by atoms with Crippen LogP contribution >= 0.6 is 0 Å². The van der Waals surface area contributed by atoms with Crippen molar-refractivity contribution >= 4 is 0 Å². The van der Waals surface area contributed by atoms with Gasteiger partial charge < -0.3 is 14.2 Å². The minimum Gasteiger partial charge on any atom is -0.481 e. The Morgan fingerprint density at radius 1 is 0.905 bits per heavy atom. The zero-order chi connectivity index (χ0) is 15.5. The lowest BCUT2D eigenvalue weighted by Crippen LogP contribution is -2.16. The lowest BCUT2D eigenvalue weighted by Gasteiger charge is -2.11. The molecule has 21 heavy (non-hydrogen) atoms. The van der Waals surface area contributed by atoms with Crippen LogP contribution in [-0.2, 0) is 0 Å². The van der Waals surface area contributed by atoms with Crippen LogP contribution in [0.5, 0.6) is 17.5 Å². The molecule has 1 heterocycles. The number of hydrogen-bond acceptors (Lipinski definition) is 4. The highest BCUT2D eigenvalue weighted by molar-refractivity contribution is 5.69. The van der Waals surface area contributed by atoms with Gasteiger partial charge in [-0.05, 0) is 23.8 Å². The topological polar surface area (TPSA) is 40.6 Å². The van der Waals surface area contributed by atoms with Gasteiger partial charge in [-0.25, -0.2) is 0 Å². The molecule has 1 aromatic heterocycles. The molecular weight excluding hydrogens is 287 g/mol. The summed E-state index contributed by atoms with van der Waals surface area (Å²) in [4.78, 5) is 4.11. The normalized spacial score (nSPS) is 11.1. The monoisotopic (exact) mass is 299 g/mol. The van der Waals surface area contributed by atoms with E-state index in [0.717, 1.165) is 0 Å². The van der Waals surface area contributed by atoms with Gasteiger partial charge in [0.25, 0.3) is 0 Å². The van der Waals surface area contributed by atoms with Gasteiger partial charge in [-0.2, -0.15) is 4.98 Å². The van der Waals surface area contributed by atoms with Gasteiger partial charge in [0.05, 0.1) is 14.2 Å². The predicted octanol–water partition coefficient (Wildman–Crippen LogP) is 3.66. The fraction of sp³-hybridized carbons (Fsp3) is 0.214. The molecular formula is C14H12F3NO3. The summed E-state index contributed by atoms with van der Waals surface area (Å²) in [5.41, 5.74) is 1.29. The van der Waals surface area contributed by atoms with Crippen molar-refractivity contribution in [1.82, 2.24) is 4.98 Å². The van der Waals surface area contributed by atoms with Gasteiger partial charge in [0, 0.05) is 11.6 Å². The first-order valence-corrected chi connectivity index (χ1v) is 5.88. The van der Waals surface area contributed by atoms with Crippen LogP contribution in [0.2, 0.25) is 0 Å². The number of alkyl halides is 3. The van der Waals surface area contributed by atoms with Crippen LogP contribution in [0.4, 0.5) is 13.2 Å². The number of hydrogen-bond donors (Lipinski definition) is 0. The van der Waals surface area contributed by atoms with Crippen molar-refractivity contribution < 1.29 is 27.4 Å². The molecule has 0 aliphatic heterocycles. The first kappa shape index (κ1) is 15.0. The summed E-state index contributed by atoms with van der Waals surface area (Å²) < 4.78 is 50.3. The van der Waals surface area contributed by atoms with Crippen molar-refractivity contribution in [3.63, 3.8) is 0 Å². The molecule has 0 atom stereocenters. The Morgan fingerprint density at radius 2 is 1.57 bits per heavy atom. The number of ether oxygens (including phenoxy) is 3. The molecule has 0 saturated heterocycles. The number of halogens is 3. The summed E-state index contributed by atoms with van der Waals surface area (Å²) in [6.45, 7) is 0. The van der Waals surface area contributed by atoms with Crippen LogP contribution < -0.4 is 14.2 Å². The van der Waals surface area contributed by atoms with Gasteiger partial charge >= 0.3 is 6.36 Å². The molecule has 0 aliphatic rings. The van der Waals surface area contributed by atoms with Crippen molar-refractivity contribution in [1.29, 1.82) is 0 Å². The Kier molecular flexibility index (Phi) is 4.21. The highest BCUT2D eigenvalue weighted by Gasteiger charge is 2.31. The Bertz CT molecular complexity index is 612. The molecule has 0 fully saturated rings. The second-order valence-electron chi connectivity index (χ2n) is 3.98. The standard InChI is InChI=1S/C14H12F3NO3/c1-19-12-8-7-11(13(18-12)20-2)9-3-5-10(6-4-9)21-14(15,16)17/h3-8H,1-2H3. The summed E-state index contributed by atoms with van der Waals surface area (Å²) >= 11 is 0. The second-order valence-corrected chi connectivity index (χ2v) is 3.98. The molecule has 2 rings (SSSR count). The Balaban J connectivity index is 2.30. The van der Waals surface area contributed by atoms with Gasteiger partial charge in [0.2, 0.25) is 11.8 Å². The average Bonchev–Trinajstić information content (AvgIpc) is 2.46. The Labute approximate surface area is 119 Å². The Hall–Kier alpha value is -2.44. The first-order chi connectivity index (χ1) is 9.93. The zero-order valence-corrected chi connectivity index (χ0v) is 11.3. The van der Waals surface area contributed by atoms with E-state index in [1.807, 2.05) is 0 Å². The van der Waals surface area contributed by atoms with Gasteiger partial charge in [-0.1, -0.05) is 12.1 Å². The van der Waals surface area contributed by atoms with Crippen LogP contribution in [0, 0.1) is 0 Å². The number of rotatable bonds is 4. The first-order valence-electron chi connectivity index (χ1n) is 5.88.